The van der Waals surface area contributed by atoms with Crippen molar-refractivity contribution >= 4 is 11.6 Å². The van der Waals surface area contributed by atoms with E-state index in [0.717, 1.165) is 44.0 Å². The Kier molecular flexibility index (Phi) is 6.99. The van der Waals surface area contributed by atoms with Crippen LogP contribution in [0.25, 0.3) is 0 Å². The van der Waals surface area contributed by atoms with Crippen molar-refractivity contribution in [3.8, 4) is 0 Å². The van der Waals surface area contributed by atoms with Crippen LogP contribution in [0.5, 0.6) is 0 Å². The molecule has 2 rings (SSSR count). The number of hydrogen-bond acceptors (Lipinski definition) is 4. The normalized spacial score (nSPS) is 16.9. The zero-order valence-corrected chi connectivity index (χ0v) is 14.8. The molecule has 1 aliphatic rings. The van der Waals surface area contributed by atoms with Gasteiger partial charge in [-0.2, -0.15) is 0 Å². The summed E-state index contributed by atoms with van der Waals surface area (Å²) in [6.07, 6.45) is 0. The molecule has 6 heteroatoms. The van der Waals surface area contributed by atoms with Crippen molar-refractivity contribution < 1.29 is 13.9 Å². The Morgan fingerprint density at radius 1 is 1.29 bits per heavy atom. The maximum absolute atomic E-state index is 13.8. The molecule has 0 aromatic heterocycles. The van der Waals surface area contributed by atoms with E-state index < -0.39 is 0 Å². The van der Waals surface area contributed by atoms with Gasteiger partial charge in [-0.3, -0.25) is 4.79 Å². The molecule has 1 aliphatic heterocycles. The van der Waals surface area contributed by atoms with E-state index in [-0.39, 0.29) is 24.4 Å². The zero-order chi connectivity index (χ0) is 17.5. The summed E-state index contributed by atoms with van der Waals surface area (Å²) in [4.78, 5) is 16.6. The number of nitrogens with zero attached hydrogens (tertiary/aromatic N) is 2. The van der Waals surface area contributed by atoms with Gasteiger partial charge in [-0.15, -0.1) is 0 Å². The Morgan fingerprint density at radius 2 is 2.00 bits per heavy atom. The lowest BCUT2D eigenvalue weighted by Gasteiger charge is -2.37. The van der Waals surface area contributed by atoms with Crippen molar-refractivity contribution in [1.82, 2.24) is 10.2 Å². The molecule has 0 unspecified atom stereocenters. The van der Waals surface area contributed by atoms with Crippen LogP contribution in [0.2, 0.25) is 0 Å². The number of halogens is 1. The molecular weight excluding hydrogens is 309 g/mol. The highest BCUT2D eigenvalue weighted by atomic mass is 19.1. The zero-order valence-electron chi connectivity index (χ0n) is 14.8. The first-order chi connectivity index (χ1) is 11.5. The number of piperazine rings is 1. The average molecular weight is 337 g/mol. The third kappa shape index (κ3) is 4.92. The van der Waals surface area contributed by atoms with Gasteiger partial charge in [0, 0.05) is 44.0 Å². The molecule has 1 saturated heterocycles. The van der Waals surface area contributed by atoms with E-state index in [4.69, 9.17) is 4.74 Å². The summed E-state index contributed by atoms with van der Waals surface area (Å²) in [7, 11) is 0. The quantitative estimate of drug-likeness (QED) is 0.828. The van der Waals surface area contributed by atoms with Crippen molar-refractivity contribution in [2.24, 2.45) is 0 Å². The summed E-state index contributed by atoms with van der Waals surface area (Å²) in [5.41, 5.74) is 1.81. The van der Waals surface area contributed by atoms with Gasteiger partial charge in [0.25, 0.3) is 0 Å². The number of amides is 1. The van der Waals surface area contributed by atoms with E-state index in [1.807, 2.05) is 19.9 Å². The lowest BCUT2D eigenvalue weighted by molar-refractivity contribution is -0.126. The van der Waals surface area contributed by atoms with E-state index in [2.05, 4.69) is 22.0 Å². The van der Waals surface area contributed by atoms with Gasteiger partial charge in [-0.1, -0.05) is 6.92 Å². The molecule has 1 N–H and O–H groups in total. The van der Waals surface area contributed by atoms with Crippen LogP contribution >= 0.6 is 0 Å². The molecule has 134 valence electrons. The number of anilines is 1. The fourth-order valence-electron chi connectivity index (χ4n) is 3.02. The Morgan fingerprint density at radius 3 is 2.62 bits per heavy atom. The smallest absolute Gasteiger partial charge is 0.246 e. The number of benzene rings is 1. The van der Waals surface area contributed by atoms with Gasteiger partial charge in [-0.25, -0.2) is 4.39 Å². The summed E-state index contributed by atoms with van der Waals surface area (Å²) in [5.74, 6) is -0.470. The standard InChI is InChI=1S/C18H28FN3O2/c1-4-21-8-10-22(11-9-21)17-7-6-15(19)12-16(17)14(3)20-18(23)13-24-5-2/h6-7,12,14H,4-5,8-11,13H2,1-3H3,(H,20,23)/t14-/m1/s1. The highest BCUT2D eigenvalue weighted by Crippen LogP contribution is 2.28. The number of likely N-dealkylation sites (N-methyl/N-ethyl adjacent to an activating group) is 1. The lowest BCUT2D eigenvalue weighted by Crippen LogP contribution is -2.46. The number of rotatable bonds is 7. The molecule has 24 heavy (non-hydrogen) atoms. The van der Waals surface area contributed by atoms with Gasteiger partial charge >= 0.3 is 0 Å². The third-order valence-corrected chi connectivity index (χ3v) is 4.43. The van der Waals surface area contributed by atoms with Crippen LogP contribution in [0.3, 0.4) is 0 Å². The van der Waals surface area contributed by atoms with Crippen LogP contribution in [0.1, 0.15) is 32.4 Å². The van der Waals surface area contributed by atoms with E-state index in [0.29, 0.717) is 6.61 Å². The summed E-state index contributed by atoms with van der Waals surface area (Å²) in [6.45, 7) is 11.3. The summed E-state index contributed by atoms with van der Waals surface area (Å²) in [5, 5.41) is 2.89. The van der Waals surface area contributed by atoms with Gasteiger partial charge in [0.05, 0.1) is 6.04 Å². The first-order valence-electron chi connectivity index (χ1n) is 8.69. The van der Waals surface area contributed by atoms with Gasteiger partial charge in [0.2, 0.25) is 5.91 Å². The summed E-state index contributed by atoms with van der Waals surface area (Å²) in [6, 6.07) is 4.55. The highest BCUT2D eigenvalue weighted by Gasteiger charge is 2.21. The Hall–Kier alpha value is -1.66. The molecule has 1 aromatic rings. The molecule has 1 fully saturated rings. The molecule has 0 aliphatic carbocycles. The van der Waals surface area contributed by atoms with Crippen molar-refractivity contribution in [3.63, 3.8) is 0 Å². The Labute approximate surface area is 143 Å². The van der Waals surface area contributed by atoms with Crippen molar-refractivity contribution in [1.29, 1.82) is 0 Å². The summed E-state index contributed by atoms with van der Waals surface area (Å²) < 4.78 is 18.9. The lowest BCUT2D eigenvalue weighted by atomic mass is 10.0. The van der Waals surface area contributed by atoms with Crippen LogP contribution in [0, 0.1) is 5.82 Å². The van der Waals surface area contributed by atoms with Crippen LogP contribution in [-0.4, -0.2) is 56.7 Å². The summed E-state index contributed by atoms with van der Waals surface area (Å²) >= 11 is 0. The highest BCUT2D eigenvalue weighted by molar-refractivity contribution is 5.78. The minimum Gasteiger partial charge on any atom is -0.372 e. The average Bonchev–Trinajstić information content (AvgIpc) is 2.60. The Bertz CT molecular complexity index is 545. The number of hydrogen-bond donors (Lipinski definition) is 1. The predicted octanol–water partition coefficient (Wildman–Crippen LogP) is 2.18. The van der Waals surface area contributed by atoms with Crippen LogP contribution in [0.4, 0.5) is 10.1 Å². The largest absolute Gasteiger partial charge is 0.372 e. The van der Waals surface area contributed by atoms with Crippen LogP contribution in [0.15, 0.2) is 18.2 Å². The second kappa shape index (κ2) is 8.99. The molecule has 0 bridgehead atoms. The second-order valence-corrected chi connectivity index (χ2v) is 6.05. The second-order valence-electron chi connectivity index (χ2n) is 6.05. The van der Waals surface area contributed by atoms with Gasteiger partial charge < -0.3 is 19.9 Å². The van der Waals surface area contributed by atoms with Gasteiger partial charge in [0.1, 0.15) is 12.4 Å². The third-order valence-electron chi connectivity index (χ3n) is 4.43. The van der Waals surface area contributed by atoms with E-state index in [9.17, 15) is 9.18 Å². The molecule has 1 atom stereocenters. The predicted molar refractivity (Wildman–Crippen MR) is 93.8 cm³/mol. The van der Waals surface area contributed by atoms with Crippen LogP contribution in [-0.2, 0) is 9.53 Å². The fourth-order valence-corrected chi connectivity index (χ4v) is 3.02. The fraction of sp³-hybridized carbons (Fsp3) is 0.611. The van der Waals surface area contributed by atoms with Crippen molar-refractivity contribution in [2.75, 3.05) is 50.8 Å². The number of carbonyl (C=O) groups is 1. The molecule has 1 aromatic carbocycles. The van der Waals surface area contributed by atoms with Gasteiger partial charge in [-0.05, 0) is 38.6 Å². The monoisotopic (exact) mass is 337 g/mol. The first kappa shape index (κ1) is 18.7. The minimum atomic E-state index is -0.285. The number of ether oxygens (including phenoxy) is 1. The van der Waals surface area contributed by atoms with E-state index in [1.165, 1.54) is 12.1 Å². The molecule has 0 spiro atoms. The van der Waals surface area contributed by atoms with Crippen molar-refractivity contribution in [2.45, 2.75) is 26.8 Å². The maximum atomic E-state index is 13.8. The minimum absolute atomic E-state index is 0.0284. The van der Waals surface area contributed by atoms with Crippen molar-refractivity contribution in [3.05, 3.63) is 29.6 Å². The SMILES string of the molecule is CCOCC(=O)N[C@H](C)c1cc(F)ccc1N1CCN(CC)CC1. The van der Waals surface area contributed by atoms with Gasteiger partial charge in [0.15, 0.2) is 0 Å². The molecule has 5 nitrogen and oxygen atoms in total. The number of nitrogens with one attached hydrogen (secondary N) is 1. The van der Waals surface area contributed by atoms with Crippen LogP contribution < -0.4 is 10.2 Å². The molecule has 1 heterocycles. The molecule has 1 amide bonds. The Balaban J connectivity index is 2.11. The first-order valence-corrected chi connectivity index (χ1v) is 8.69. The molecule has 0 radical (unpaired) electrons. The topological polar surface area (TPSA) is 44.8 Å². The molecular formula is C18H28FN3O2. The van der Waals surface area contributed by atoms with E-state index >= 15 is 0 Å². The number of carbonyl (C=O) groups excluding carboxylic acids is 1. The van der Waals surface area contributed by atoms with E-state index in [1.54, 1.807) is 0 Å². The molecule has 0 saturated carbocycles. The maximum Gasteiger partial charge on any atom is 0.246 e.